The molecule has 10 rings (SSSR count). The molecule has 10 aromatic rings. The van der Waals surface area contributed by atoms with Gasteiger partial charge >= 0.3 is 71.6 Å². The number of carbonyl (C=O) groups is 12. The monoisotopic (exact) mass is 1870 g/mol. The van der Waals surface area contributed by atoms with Crippen molar-refractivity contribution in [1.82, 2.24) is 0 Å². The summed E-state index contributed by atoms with van der Waals surface area (Å²) < 4.78 is 103. The van der Waals surface area contributed by atoms with E-state index in [1.165, 1.54) is 72.9 Å². The molecule has 0 fully saturated rings. The zero-order valence-electron chi connectivity index (χ0n) is 74.9. The SMILES string of the molecule is C=CC(=O)OCCc1ccc(OC/C=C/C(=O)Oc2cc3c4cc(OC(=O)/C=C/COc5ccc(CCOC(=O)C=C)cc5)c(OC(=O)/C=C/COc5ccc(CCOC(=O)C=C)cc5)cc4c4cc(OC(=O)/C=C/COc5ccc(CCOC(=O)C=C)cc5)c(OC(=O)/C=C/COc5ccc(CCOC(=O)C=C)cc5)cc4c3cc2OC(=O)/C=C/COc2ccc(CCOC(=O)C=C)cc2)cc1. The summed E-state index contributed by atoms with van der Waals surface area (Å²) in [4.78, 5) is 156. The summed E-state index contributed by atoms with van der Waals surface area (Å²) >= 11 is 0. The number of fused-ring (bicyclic) bond motifs is 6. The topological polar surface area (TPSA) is 371 Å². The first-order chi connectivity index (χ1) is 67.0. The third-order valence-corrected chi connectivity index (χ3v) is 19.3. The van der Waals surface area contributed by atoms with Crippen LogP contribution < -0.4 is 56.8 Å². The van der Waals surface area contributed by atoms with Gasteiger partial charge in [0.05, 0.1) is 39.6 Å². The van der Waals surface area contributed by atoms with Crippen LogP contribution in [-0.2, 0) is 124 Å². The van der Waals surface area contributed by atoms with Gasteiger partial charge in [0.2, 0.25) is 0 Å². The van der Waals surface area contributed by atoms with Crippen molar-refractivity contribution in [1.29, 1.82) is 0 Å². The van der Waals surface area contributed by atoms with Crippen molar-refractivity contribution >= 4 is 104 Å². The van der Waals surface area contributed by atoms with Crippen LogP contribution in [0.15, 0.2) is 331 Å². The summed E-state index contributed by atoms with van der Waals surface area (Å²) in [5.74, 6) is -9.45. The van der Waals surface area contributed by atoms with Gasteiger partial charge in [0.15, 0.2) is 34.5 Å². The zero-order chi connectivity index (χ0) is 98.2. The van der Waals surface area contributed by atoms with Crippen molar-refractivity contribution in [3.63, 3.8) is 0 Å². The summed E-state index contributed by atoms with van der Waals surface area (Å²) in [6, 6.07) is 49.4. The van der Waals surface area contributed by atoms with Crippen LogP contribution in [0.25, 0.3) is 32.3 Å². The minimum absolute atomic E-state index is 0.109. The fraction of sp³-hybridized carbons (Fsp3) is 0.167. The number of carbonyl (C=O) groups excluding carboxylic acids is 12. The smallest absolute Gasteiger partial charge is 0.336 e. The quantitative estimate of drug-likeness (QED) is 0.0112. The Labute approximate surface area is 793 Å². The molecule has 10 aromatic carbocycles. The van der Waals surface area contributed by atoms with Crippen molar-refractivity contribution in [2.75, 3.05) is 79.3 Å². The van der Waals surface area contributed by atoms with Gasteiger partial charge < -0.3 is 85.3 Å². The normalized spacial score (nSPS) is 11.0. The number of hydrogen-bond acceptors (Lipinski definition) is 30. The molecule has 0 aromatic heterocycles. The van der Waals surface area contributed by atoms with Gasteiger partial charge in [-0.15, -0.1) is 0 Å². The Hall–Kier alpha value is -17.7. The summed E-state index contributed by atoms with van der Waals surface area (Å²) in [6.07, 6.45) is 23.3. The Bertz CT molecular complexity index is 5240. The molecule has 0 aliphatic carbocycles. The van der Waals surface area contributed by atoms with Crippen LogP contribution in [0, 0.1) is 0 Å². The van der Waals surface area contributed by atoms with E-state index in [9.17, 15) is 57.5 Å². The van der Waals surface area contributed by atoms with E-state index in [1.807, 2.05) is 0 Å². The molecule has 0 aliphatic rings. The predicted molar refractivity (Wildman–Crippen MR) is 508 cm³/mol. The van der Waals surface area contributed by atoms with E-state index in [2.05, 4.69) is 39.5 Å². The van der Waals surface area contributed by atoms with Crippen LogP contribution in [0.3, 0.4) is 0 Å². The van der Waals surface area contributed by atoms with Crippen LogP contribution in [0.2, 0.25) is 0 Å². The van der Waals surface area contributed by atoms with Crippen molar-refractivity contribution in [2.45, 2.75) is 38.5 Å². The highest BCUT2D eigenvalue weighted by Crippen LogP contribution is 2.48. The first-order valence-electron chi connectivity index (χ1n) is 42.9. The lowest BCUT2D eigenvalue weighted by molar-refractivity contribution is -0.138. The van der Waals surface area contributed by atoms with Crippen LogP contribution >= 0.6 is 0 Å². The molecule has 138 heavy (non-hydrogen) atoms. The Morgan fingerprint density at radius 3 is 0.442 bits per heavy atom. The summed E-state index contributed by atoms with van der Waals surface area (Å²) in [5.41, 5.74) is 4.98. The molecule has 0 amide bonds. The fourth-order valence-electron chi connectivity index (χ4n) is 12.6. The lowest BCUT2D eigenvalue weighted by atomic mass is 9.93. The van der Waals surface area contributed by atoms with Crippen LogP contribution in [-0.4, -0.2) is 151 Å². The molecule has 0 saturated heterocycles. The van der Waals surface area contributed by atoms with E-state index < -0.39 is 106 Å². The van der Waals surface area contributed by atoms with Gasteiger partial charge in [0.25, 0.3) is 0 Å². The van der Waals surface area contributed by atoms with Gasteiger partial charge in [0, 0.05) is 111 Å². The molecule has 0 heterocycles. The molecule has 30 heteroatoms. The summed E-state index contributed by atoms with van der Waals surface area (Å²) in [6.45, 7) is 20.1. The Kier molecular flexibility index (Phi) is 40.8. The van der Waals surface area contributed by atoms with E-state index >= 15 is 0 Å². The number of benzene rings is 10. The molecule has 0 saturated carbocycles. The van der Waals surface area contributed by atoms with E-state index in [4.69, 9.17) is 85.3 Å². The molecule has 708 valence electrons. The average molecular weight is 1870 g/mol. The lowest BCUT2D eigenvalue weighted by Crippen LogP contribution is -2.11. The van der Waals surface area contributed by atoms with Crippen molar-refractivity contribution < 1.29 is 143 Å². The minimum Gasteiger partial charge on any atom is -0.490 e. The number of rotatable bonds is 54. The molecule has 0 bridgehead atoms. The van der Waals surface area contributed by atoms with Crippen LogP contribution in [0.4, 0.5) is 0 Å². The highest BCUT2D eigenvalue weighted by molar-refractivity contribution is 6.27. The van der Waals surface area contributed by atoms with Gasteiger partial charge in [-0.3, -0.25) is 0 Å². The molecular weight excluding hydrogens is 1780 g/mol. The van der Waals surface area contributed by atoms with E-state index in [1.54, 1.807) is 146 Å². The molecule has 0 atom stereocenters. The highest BCUT2D eigenvalue weighted by atomic mass is 16.6. The number of hydrogen-bond donors (Lipinski definition) is 0. The Balaban J connectivity index is 1.08. The second-order valence-electron chi connectivity index (χ2n) is 28.9. The number of esters is 12. The third kappa shape index (κ3) is 34.8. The lowest BCUT2D eigenvalue weighted by Gasteiger charge is -2.18. The summed E-state index contributed by atoms with van der Waals surface area (Å²) in [7, 11) is 0. The Morgan fingerprint density at radius 1 is 0.188 bits per heavy atom. The zero-order valence-corrected chi connectivity index (χ0v) is 74.9. The van der Waals surface area contributed by atoms with E-state index in [0.29, 0.717) is 73.0 Å². The van der Waals surface area contributed by atoms with Gasteiger partial charge in [-0.2, -0.15) is 0 Å². The van der Waals surface area contributed by atoms with Crippen LogP contribution in [0.1, 0.15) is 33.4 Å². The molecule has 0 spiro atoms. The molecule has 0 aliphatic heterocycles. The van der Waals surface area contributed by atoms with Gasteiger partial charge in [-0.1, -0.05) is 112 Å². The fourth-order valence-corrected chi connectivity index (χ4v) is 12.6. The number of ether oxygens (including phenoxy) is 18. The van der Waals surface area contributed by atoms with Crippen molar-refractivity contribution in [3.05, 3.63) is 364 Å². The van der Waals surface area contributed by atoms with Crippen molar-refractivity contribution in [3.8, 4) is 69.0 Å². The van der Waals surface area contributed by atoms with Crippen LogP contribution in [0.5, 0.6) is 69.0 Å². The minimum atomic E-state index is -1.02. The maximum Gasteiger partial charge on any atom is 0.336 e. The maximum atomic E-state index is 14.4. The standard InChI is InChI=1S/C108H96O30/c1-7-97(109)127-61-49-73-25-37-79(38-26-73)121-55-13-19-103(115)133-91-67-85-86(68-92(91)134-104(116)20-14-56-122-80-39-27-74(28-40-80)50-62-128-98(110)8-2)88-70-94(136-106(118)22-16-58-124-82-43-31-76(32-44-82)52-64-130-100(112)10-4)96(138-108(120)24-18-60-126-84-47-35-78(36-48-84)54-66-132-102(114)12-6)72-90(88)89-71-95(137-107(119)23-17-59-125-83-45-33-77(34-46-83)53-65-131-101(113)11-5)93(69-87(85)89)135-105(117)21-15-57-123-81-41-29-75(30-42-81)51-63-129-99(111)9-3/h7-48,67-72H,1-6,49-66H2/b19-13+,20-14+,21-15+,22-16+,23-17+,24-18+. The van der Waals surface area contributed by atoms with Gasteiger partial charge in [-0.25, -0.2) is 57.5 Å². The molecule has 0 unspecified atom stereocenters. The third-order valence-electron chi connectivity index (χ3n) is 19.3. The summed E-state index contributed by atoms with van der Waals surface area (Å²) in [5, 5.41) is 0.674. The van der Waals surface area contributed by atoms with E-state index in [0.717, 1.165) is 106 Å². The Morgan fingerprint density at radius 2 is 0.319 bits per heavy atom. The molecule has 0 N–H and O–H groups in total. The second kappa shape index (κ2) is 55.0. The molecule has 30 nitrogen and oxygen atoms in total. The van der Waals surface area contributed by atoms with Gasteiger partial charge in [0.1, 0.15) is 74.1 Å². The average Bonchev–Trinajstić information content (AvgIpc) is 0.721. The highest BCUT2D eigenvalue weighted by Gasteiger charge is 2.25. The second-order valence-corrected chi connectivity index (χ2v) is 28.9. The molecular formula is C108H96O30. The van der Waals surface area contributed by atoms with Gasteiger partial charge in [-0.05, 0) is 211 Å². The maximum absolute atomic E-state index is 14.4. The van der Waals surface area contributed by atoms with Crippen molar-refractivity contribution in [2.24, 2.45) is 0 Å². The largest absolute Gasteiger partial charge is 0.490 e. The molecule has 0 radical (unpaired) electrons. The predicted octanol–water partition coefficient (Wildman–Crippen LogP) is 16.0. The first-order valence-corrected chi connectivity index (χ1v) is 42.9. The van der Waals surface area contributed by atoms with E-state index in [-0.39, 0.29) is 112 Å². The first kappa shape index (κ1) is 102.